The van der Waals surface area contributed by atoms with Crippen LogP contribution in [0.1, 0.15) is 12.0 Å². The van der Waals surface area contributed by atoms with Gasteiger partial charge in [-0.3, -0.25) is 0 Å². The van der Waals surface area contributed by atoms with E-state index in [9.17, 15) is 8.42 Å². The maximum atomic E-state index is 12.8. The van der Waals surface area contributed by atoms with Gasteiger partial charge < -0.3 is 9.64 Å². The first-order valence-electron chi connectivity index (χ1n) is 9.00. The molecule has 1 saturated heterocycles. The second-order valence-electron chi connectivity index (χ2n) is 6.51. The third kappa shape index (κ3) is 4.63. The van der Waals surface area contributed by atoms with Gasteiger partial charge in [-0.25, -0.2) is 8.42 Å². The number of sulfonamides is 1. The molecule has 26 heavy (non-hydrogen) atoms. The lowest BCUT2D eigenvalue weighted by Gasteiger charge is -2.34. The van der Waals surface area contributed by atoms with Crippen LogP contribution in [-0.4, -0.2) is 57.5 Å². The molecule has 5 nitrogen and oxygen atoms in total. The van der Waals surface area contributed by atoms with Crippen molar-refractivity contribution in [3.8, 4) is 5.75 Å². The van der Waals surface area contributed by atoms with Crippen LogP contribution in [0.2, 0.25) is 0 Å². The van der Waals surface area contributed by atoms with Crippen molar-refractivity contribution in [2.45, 2.75) is 17.7 Å². The minimum absolute atomic E-state index is 0.329. The van der Waals surface area contributed by atoms with E-state index in [-0.39, 0.29) is 0 Å². The number of methoxy groups -OCH3 is 1. The van der Waals surface area contributed by atoms with Crippen LogP contribution in [0.15, 0.2) is 59.5 Å². The number of hydrogen-bond acceptors (Lipinski definition) is 4. The monoisotopic (exact) mass is 374 g/mol. The molecule has 0 aliphatic carbocycles. The standard InChI is InChI=1S/C20H26N2O3S/c1-25-19-9-11-20(12-10-19)26(23,24)22-16-14-21(15-17-22)13-5-8-18-6-3-2-4-7-18/h2-4,6-7,9-12H,5,8,13-17H2,1H3. The van der Waals surface area contributed by atoms with Crippen LogP contribution in [0.3, 0.4) is 0 Å². The molecule has 2 aromatic carbocycles. The van der Waals surface area contributed by atoms with Gasteiger partial charge in [0.25, 0.3) is 0 Å². The van der Waals surface area contributed by atoms with E-state index in [1.165, 1.54) is 5.56 Å². The van der Waals surface area contributed by atoms with Gasteiger partial charge in [0.15, 0.2) is 0 Å². The summed E-state index contributed by atoms with van der Waals surface area (Å²) in [4.78, 5) is 2.68. The molecule has 1 aliphatic heterocycles. The SMILES string of the molecule is COc1ccc(S(=O)(=O)N2CCN(CCCc3ccccc3)CC2)cc1. The molecule has 0 amide bonds. The number of aryl methyl sites for hydroxylation is 1. The fourth-order valence-electron chi connectivity index (χ4n) is 3.24. The van der Waals surface area contributed by atoms with Crippen molar-refractivity contribution in [3.05, 3.63) is 60.2 Å². The van der Waals surface area contributed by atoms with Gasteiger partial charge in [0.05, 0.1) is 12.0 Å². The normalized spacial score (nSPS) is 16.5. The van der Waals surface area contributed by atoms with E-state index in [0.29, 0.717) is 23.7 Å². The van der Waals surface area contributed by atoms with Gasteiger partial charge in [-0.2, -0.15) is 4.31 Å². The van der Waals surface area contributed by atoms with Gasteiger partial charge in [-0.15, -0.1) is 0 Å². The Balaban J connectivity index is 1.49. The van der Waals surface area contributed by atoms with Crippen LogP contribution >= 0.6 is 0 Å². The third-order valence-electron chi connectivity index (χ3n) is 4.81. The Hall–Kier alpha value is -1.89. The molecule has 1 aliphatic rings. The Labute approximate surface area is 156 Å². The van der Waals surface area contributed by atoms with E-state index in [1.54, 1.807) is 35.7 Å². The minimum atomic E-state index is -3.42. The lowest BCUT2D eigenvalue weighted by atomic mass is 10.1. The van der Waals surface area contributed by atoms with E-state index in [4.69, 9.17) is 4.74 Å². The highest BCUT2D eigenvalue weighted by Gasteiger charge is 2.28. The van der Waals surface area contributed by atoms with Gasteiger partial charge in [0.1, 0.15) is 5.75 Å². The Morgan fingerprint density at radius 3 is 2.19 bits per heavy atom. The fraction of sp³-hybridized carbons (Fsp3) is 0.400. The van der Waals surface area contributed by atoms with Gasteiger partial charge in [-0.1, -0.05) is 30.3 Å². The average molecular weight is 375 g/mol. The van der Waals surface area contributed by atoms with E-state index in [2.05, 4.69) is 29.2 Å². The first-order chi connectivity index (χ1) is 12.6. The van der Waals surface area contributed by atoms with Crippen molar-refractivity contribution in [1.82, 2.24) is 9.21 Å². The van der Waals surface area contributed by atoms with Crippen molar-refractivity contribution >= 4 is 10.0 Å². The highest BCUT2D eigenvalue weighted by molar-refractivity contribution is 7.89. The summed E-state index contributed by atoms with van der Waals surface area (Å²) in [6, 6.07) is 17.1. The number of rotatable bonds is 7. The maximum absolute atomic E-state index is 12.8. The smallest absolute Gasteiger partial charge is 0.243 e. The Morgan fingerprint density at radius 1 is 0.923 bits per heavy atom. The molecular weight excluding hydrogens is 348 g/mol. The van der Waals surface area contributed by atoms with Crippen LogP contribution in [0, 0.1) is 0 Å². The summed E-state index contributed by atoms with van der Waals surface area (Å²) in [5.74, 6) is 0.659. The summed E-state index contributed by atoms with van der Waals surface area (Å²) in [6.07, 6.45) is 2.15. The summed E-state index contributed by atoms with van der Waals surface area (Å²) < 4.78 is 32.2. The second kappa shape index (κ2) is 8.66. The molecule has 0 aromatic heterocycles. The molecule has 140 valence electrons. The van der Waals surface area contributed by atoms with E-state index in [1.807, 2.05) is 6.07 Å². The number of benzene rings is 2. The average Bonchev–Trinajstić information content (AvgIpc) is 2.69. The predicted octanol–water partition coefficient (Wildman–Crippen LogP) is 2.63. The summed E-state index contributed by atoms with van der Waals surface area (Å²) >= 11 is 0. The van der Waals surface area contributed by atoms with Crippen LogP contribution < -0.4 is 4.74 Å². The molecule has 2 aromatic rings. The zero-order valence-electron chi connectivity index (χ0n) is 15.2. The molecule has 0 spiro atoms. The number of ether oxygens (including phenoxy) is 1. The number of piperazine rings is 1. The Kier molecular flexibility index (Phi) is 6.29. The summed E-state index contributed by atoms with van der Waals surface area (Å²) in [6.45, 7) is 3.65. The molecular formula is C20H26N2O3S. The number of hydrogen-bond donors (Lipinski definition) is 0. The summed E-state index contributed by atoms with van der Waals surface area (Å²) in [5, 5.41) is 0. The van der Waals surface area contributed by atoms with Gasteiger partial charge >= 0.3 is 0 Å². The fourth-order valence-corrected chi connectivity index (χ4v) is 4.66. The quantitative estimate of drug-likeness (QED) is 0.748. The topological polar surface area (TPSA) is 49.9 Å². The van der Waals surface area contributed by atoms with Crippen molar-refractivity contribution in [3.63, 3.8) is 0 Å². The van der Waals surface area contributed by atoms with Crippen LogP contribution in [0.4, 0.5) is 0 Å². The molecule has 0 radical (unpaired) electrons. The van der Waals surface area contributed by atoms with Gasteiger partial charge in [-0.05, 0) is 49.2 Å². The molecule has 1 heterocycles. The number of nitrogens with zero attached hydrogens (tertiary/aromatic N) is 2. The summed E-state index contributed by atoms with van der Waals surface area (Å²) in [5.41, 5.74) is 1.35. The maximum Gasteiger partial charge on any atom is 0.243 e. The van der Waals surface area contributed by atoms with E-state index in [0.717, 1.165) is 32.5 Å². The second-order valence-corrected chi connectivity index (χ2v) is 8.45. The first kappa shape index (κ1) is 18.9. The lowest BCUT2D eigenvalue weighted by molar-refractivity contribution is 0.187. The highest BCUT2D eigenvalue weighted by atomic mass is 32.2. The van der Waals surface area contributed by atoms with Crippen molar-refractivity contribution < 1.29 is 13.2 Å². The highest BCUT2D eigenvalue weighted by Crippen LogP contribution is 2.20. The zero-order valence-corrected chi connectivity index (χ0v) is 16.0. The van der Waals surface area contributed by atoms with Gasteiger partial charge in [0.2, 0.25) is 10.0 Å². The molecule has 0 unspecified atom stereocenters. The van der Waals surface area contributed by atoms with Crippen molar-refractivity contribution in [2.24, 2.45) is 0 Å². The first-order valence-corrected chi connectivity index (χ1v) is 10.4. The third-order valence-corrected chi connectivity index (χ3v) is 6.72. The lowest BCUT2D eigenvalue weighted by Crippen LogP contribution is -2.48. The zero-order chi connectivity index (χ0) is 18.4. The Morgan fingerprint density at radius 2 is 1.58 bits per heavy atom. The van der Waals surface area contributed by atoms with Crippen LogP contribution in [0.25, 0.3) is 0 Å². The predicted molar refractivity (Wildman–Crippen MR) is 103 cm³/mol. The molecule has 0 N–H and O–H groups in total. The van der Waals surface area contributed by atoms with Crippen LogP contribution in [0.5, 0.6) is 5.75 Å². The van der Waals surface area contributed by atoms with E-state index >= 15 is 0 Å². The van der Waals surface area contributed by atoms with E-state index < -0.39 is 10.0 Å². The Bertz CT molecular complexity index is 784. The van der Waals surface area contributed by atoms with Crippen LogP contribution in [-0.2, 0) is 16.4 Å². The molecule has 0 saturated carbocycles. The molecule has 3 rings (SSSR count). The molecule has 0 atom stereocenters. The van der Waals surface area contributed by atoms with Crippen molar-refractivity contribution in [2.75, 3.05) is 39.8 Å². The van der Waals surface area contributed by atoms with Crippen molar-refractivity contribution in [1.29, 1.82) is 0 Å². The largest absolute Gasteiger partial charge is 0.497 e. The summed E-state index contributed by atoms with van der Waals surface area (Å²) in [7, 11) is -1.85. The molecule has 0 bridgehead atoms. The minimum Gasteiger partial charge on any atom is -0.497 e. The van der Waals surface area contributed by atoms with Gasteiger partial charge in [0, 0.05) is 26.2 Å². The molecule has 6 heteroatoms. The molecule has 1 fully saturated rings.